The SMILES string of the molecule is C=Nc1c(C)cc(Cc2ccccn2)nc1NC. The van der Waals surface area contributed by atoms with Crippen LogP contribution in [0.4, 0.5) is 11.5 Å². The molecule has 0 amide bonds. The van der Waals surface area contributed by atoms with Crippen molar-refractivity contribution in [3.8, 4) is 0 Å². The van der Waals surface area contributed by atoms with Crippen molar-refractivity contribution in [1.29, 1.82) is 0 Å². The first kappa shape index (κ1) is 12.2. The third-order valence-corrected chi connectivity index (χ3v) is 2.72. The maximum absolute atomic E-state index is 4.53. The molecule has 1 N–H and O–H groups in total. The maximum Gasteiger partial charge on any atom is 0.152 e. The molecule has 0 atom stereocenters. The number of pyridine rings is 2. The summed E-state index contributed by atoms with van der Waals surface area (Å²) in [6.07, 6.45) is 2.51. The lowest BCUT2D eigenvalue weighted by atomic mass is 10.1. The number of nitrogens with one attached hydrogen (secondary N) is 1. The summed E-state index contributed by atoms with van der Waals surface area (Å²) in [4.78, 5) is 12.8. The monoisotopic (exact) mass is 240 g/mol. The fraction of sp³-hybridized carbons (Fsp3) is 0.214. The first-order valence-corrected chi connectivity index (χ1v) is 5.79. The van der Waals surface area contributed by atoms with Gasteiger partial charge in [0.25, 0.3) is 0 Å². The van der Waals surface area contributed by atoms with E-state index in [9.17, 15) is 0 Å². The Balaban J connectivity index is 2.35. The van der Waals surface area contributed by atoms with Crippen LogP contribution in [-0.2, 0) is 6.42 Å². The van der Waals surface area contributed by atoms with Gasteiger partial charge in [0.15, 0.2) is 5.82 Å². The zero-order chi connectivity index (χ0) is 13.0. The lowest BCUT2D eigenvalue weighted by Crippen LogP contribution is -2.00. The number of anilines is 1. The first-order chi connectivity index (χ1) is 8.74. The molecule has 0 aliphatic heterocycles. The Kier molecular flexibility index (Phi) is 3.67. The van der Waals surface area contributed by atoms with Crippen molar-refractivity contribution in [3.63, 3.8) is 0 Å². The number of rotatable bonds is 4. The van der Waals surface area contributed by atoms with Gasteiger partial charge in [-0.1, -0.05) is 6.07 Å². The summed E-state index contributed by atoms with van der Waals surface area (Å²) in [5, 5.41) is 3.05. The largest absolute Gasteiger partial charge is 0.371 e. The molecule has 92 valence electrons. The Labute approximate surface area is 107 Å². The molecule has 0 unspecified atom stereocenters. The molecule has 18 heavy (non-hydrogen) atoms. The number of nitrogens with zero attached hydrogens (tertiary/aromatic N) is 3. The molecule has 2 heterocycles. The van der Waals surface area contributed by atoms with Crippen molar-refractivity contribution in [2.75, 3.05) is 12.4 Å². The standard InChI is InChI=1S/C14H16N4/c1-10-8-12(9-11-6-4-5-7-17-11)18-14(16-3)13(10)15-2/h4-8H,2,9H2,1,3H3,(H,16,18). The molecule has 4 heteroatoms. The number of aromatic nitrogens is 2. The molecule has 0 saturated carbocycles. The number of aliphatic imine (C=N–C) groups is 1. The number of hydrogen-bond acceptors (Lipinski definition) is 4. The predicted molar refractivity (Wildman–Crippen MR) is 74.8 cm³/mol. The van der Waals surface area contributed by atoms with Crippen molar-refractivity contribution >= 4 is 18.2 Å². The van der Waals surface area contributed by atoms with Gasteiger partial charge in [0.2, 0.25) is 0 Å². The van der Waals surface area contributed by atoms with Crippen molar-refractivity contribution in [3.05, 3.63) is 47.4 Å². The maximum atomic E-state index is 4.53. The molecule has 0 aliphatic rings. The summed E-state index contributed by atoms with van der Waals surface area (Å²) < 4.78 is 0. The van der Waals surface area contributed by atoms with Gasteiger partial charge in [-0.3, -0.25) is 9.98 Å². The minimum absolute atomic E-state index is 0.716. The van der Waals surface area contributed by atoms with Gasteiger partial charge in [0.05, 0.1) is 0 Å². The van der Waals surface area contributed by atoms with E-state index in [0.717, 1.165) is 28.5 Å². The summed E-state index contributed by atoms with van der Waals surface area (Å²) in [6, 6.07) is 7.91. The predicted octanol–water partition coefficient (Wildman–Crippen LogP) is 2.75. The van der Waals surface area contributed by atoms with Crippen LogP contribution < -0.4 is 5.32 Å². The average Bonchev–Trinajstić information content (AvgIpc) is 2.39. The summed E-state index contributed by atoms with van der Waals surface area (Å²) >= 11 is 0. The van der Waals surface area contributed by atoms with Gasteiger partial charge in [-0.25, -0.2) is 4.98 Å². The molecule has 2 aromatic heterocycles. The Bertz CT molecular complexity index is 549. The summed E-state index contributed by atoms with van der Waals surface area (Å²) in [5.41, 5.74) is 3.85. The highest BCUT2D eigenvalue weighted by molar-refractivity contribution is 5.67. The molecule has 0 aromatic carbocycles. The summed E-state index contributed by atoms with van der Waals surface area (Å²) in [7, 11) is 1.83. The average molecular weight is 240 g/mol. The van der Waals surface area contributed by atoms with E-state index in [0.29, 0.717) is 6.42 Å². The van der Waals surface area contributed by atoms with Crippen LogP contribution in [0.25, 0.3) is 0 Å². The number of hydrogen-bond donors (Lipinski definition) is 1. The molecule has 2 rings (SSSR count). The van der Waals surface area contributed by atoms with E-state index in [1.807, 2.05) is 38.2 Å². The van der Waals surface area contributed by atoms with Gasteiger partial charge in [-0.2, -0.15) is 0 Å². The summed E-state index contributed by atoms with van der Waals surface area (Å²) in [5.74, 6) is 0.760. The van der Waals surface area contributed by atoms with E-state index >= 15 is 0 Å². The highest BCUT2D eigenvalue weighted by Crippen LogP contribution is 2.27. The third kappa shape index (κ3) is 2.53. The van der Waals surface area contributed by atoms with Gasteiger partial charge in [0, 0.05) is 31.1 Å². The highest BCUT2D eigenvalue weighted by Gasteiger charge is 2.08. The topological polar surface area (TPSA) is 50.2 Å². The van der Waals surface area contributed by atoms with Gasteiger partial charge in [-0.15, -0.1) is 0 Å². The van der Waals surface area contributed by atoms with Crippen LogP contribution in [0.1, 0.15) is 17.0 Å². The van der Waals surface area contributed by atoms with Gasteiger partial charge < -0.3 is 5.32 Å². The Morgan fingerprint density at radius 1 is 1.33 bits per heavy atom. The minimum Gasteiger partial charge on any atom is -0.371 e. The molecule has 0 bridgehead atoms. The third-order valence-electron chi connectivity index (χ3n) is 2.72. The molecule has 0 saturated heterocycles. The van der Waals surface area contributed by atoms with Crippen LogP contribution >= 0.6 is 0 Å². The van der Waals surface area contributed by atoms with Crippen LogP contribution in [0.15, 0.2) is 35.5 Å². The quantitative estimate of drug-likeness (QED) is 0.836. The van der Waals surface area contributed by atoms with E-state index in [1.54, 1.807) is 6.20 Å². The van der Waals surface area contributed by atoms with Crippen LogP contribution in [-0.4, -0.2) is 23.7 Å². The molecule has 4 nitrogen and oxygen atoms in total. The van der Waals surface area contributed by atoms with Crippen molar-refractivity contribution in [2.45, 2.75) is 13.3 Å². The smallest absolute Gasteiger partial charge is 0.152 e. The van der Waals surface area contributed by atoms with Gasteiger partial charge in [0.1, 0.15) is 5.69 Å². The fourth-order valence-corrected chi connectivity index (χ4v) is 1.89. The second-order valence-electron chi connectivity index (χ2n) is 4.03. The van der Waals surface area contributed by atoms with E-state index in [2.05, 4.69) is 27.0 Å². The summed E-state index contributed by atoms with van der Waals surface area (Å²) in [6.45, 7) is 5.58. The molecule has 0 radical (unpaired) electrons. The number of aryl methyl sites for hydroxylation is 1. The first-order valence-electron chi connectivity index (χ1n) is 5.79. The van der Waals surface area contributed by atoms with Crippen molar-refractivity contribution in [2.24, 2.45) is 4.99 Å². The molecular formula is C14H16N4. The van der Waals surface area contributed by atoms with Crippen LogP contribution in [0.5, 0.6) is 0 Å². The molecule has 0 spiro atoms. The molecule has 0 aliphatic carbocycles. The zero-order valence-electron chi connectivity index (χ0n) is 10.6. The van der Waals surface area contributed by atoms with Crippen LogP contribution in [0, 0.1) is 6.92 Å². The second-order valence-corrected chi connectivity index (χ2v) is 4.03. The zero-order valence-corrected chi connectivity index (χ0v) is 10.6. The Morgan fingerprint density at radius 3 is 2.78 bits per heavy atom. The van der Waals surface area contributed by atoms with Gasteiger partial charge in [-0.05, 0) is 37.4 Å². The van der Waals surface area contributed by atoms with Crippen molar-refractivity contribution in [1.82, 2.24) is 9.97 Å². The van der Waals surface area contributed by atoms with Crippen molar-refractivity contribution < 1.29 is 0 Å². The normalized spacial score (nSPS) is 10.1. The Morgan fingerprint density at radius 2 is 2.17 bits per heavy atom. The van der Waals surface area contributed by atoms with E-state index < -0.39 is 0 Å². The van der Waals surface area contributed by atoms with Gasteiger partial charge >= 0.3 is 0 Å². The van der Waals surface area contributed by atoms with E-state index in [1.165, 1.54) is 0 Å². The molecule has 2 aromatic rings. The lowest BCUT2D eigenvalue weighted by Gasteiger charge is -2.10. The molecule has 0 fully saturated rings. The second kappa shape index (κ2) is 5.40. The highest BCUT2D eigenvalue weighted by atomic mass is 15.0. The molecular weight excluding hydrogens is 224 g/mol. The van der Waals surface area contributed by atoms with E-state index in [-0.39, 0.29) is 0 Å². The van der Waals surface area contributed by atoms with E-state index in [4.69, 9.17) is 0 Å². The minimum atomic E-state index is 0.716. The Hall–Kier alpha value is -2.23. The fourth-order valence-electron chi connectivity index (χ4n) is 1.89. The van der Waals surface area contributed by atoms with Crippen LogP contribution in [0.3, 0.4) is 0 Å². The van der Waals surface area contributed by atoms with Crippen LogP contribution in [0.2, 0.25) is 0 Å². The lowest BCUT2D eigenvalue weighted by molar-refractivity contribution is 1.01.